The van der Waals surface area contributed by atoms with E-state index in [1.807, 2.05) is 39.8 Å². The molecule has 0 saturated carbocycles. The average Bonchev–Trinajstić information content (AvgIpc) is 2.63. The molecule has 0 radical (unpaired) electrons. The third-order valence-electron chi connectivity index (χ3n) is 4.92. The van der Waals surface area contributed by atoms with Crippen molar-refractivity contribution in [1.29, 1.82) is 0 Å². The van der Waals surface area contributed by atoms with Gasteiger partial charge >= 0.3 is 5.97 Å². The summed E-state index contributed by atoms with van der Waals surface area (Å²) in [5.74, 6) is 0.0747. The lowest BCUT2D eigenvalue weighted by Crippen LogP contribution is -2.10. The normalized spacial score (nSPS) is 10.7. The summed E-state index contributed by atoms with van der Waals surface area (Å²) in [6.07, 6.45) is 0. The molecule has 0 amide bonds. The van der Waals surface area contributed by atoms with Crippen molar-refractivity contribution in [2.75, 3.05) is 0 Å². The summed E-state index contributed by atoms with van der Waals surface area (Å²) in [6.45, 7) is 7.89. The number of phenols is 1. The number of ether oxygens (including phenoxy) is 1. The van der Waals surface area contributed by atoms with Gasteiger partial charge in [0, 0.05) is 16.1 Å². The van der Waals surface area contributed by atoms with Crippen molar-refractivity contribution >= 4 is 17.6 Å². The predicted octanol–water partition coefficient (Wildman–Crippen LogP) is 6.17. The predicted molar refractivity (Wildman–Crippen MR) is 109 cm³/mol. The van der Waals surface area contributed by atoms with Crippen molar-refractivity contribution in [2.24, 2.45) is 0 Å². The van der Waals surface area contributed by atoms with Gasteiger partial charge in [-0.3, -0.25) is 0 Å². The Kier molecular flexibility index (Phi) is 5.24. The van der Waals surface area contributed by atoms with Crippen molar-refractivity contribution in [3.8, 4) is 22.6 Å². The van der Waals surface area contributed by atoms with Crippen molar-refractivity contribution in [1.82, 2.24) is 0 Å². The summed E-state index contributed by atoms with van der Waals surface area (Å²) < 4.78 is 5.72. The Morgan fingerprint density at radius 3 is 2.19 bits per heavy atom. The van der Waals surface area contributed by atoms with Gasteiger partial charge in [-0.05, 0) is 80.3 Å². The fourth-order valence-corrected chi connectivity index (χ4v) is 3.27. The molecule has 0 saturated heterocycles. The molecule has 0 aliphatic carbocycles. The Hall–Kier alpha value is -2.78. The van der Waals surface area contributed by atoms with E-state index in [1.165, 1.54) is 0 Å². The summed E-state index contributed by atoms with van der Waals surface area (Å²) in [5, 5.41) is 11.0. The van der Waals surface area contributed by atoms with Gasteiger partial charge in [-0.1, -0.05) is 29.8 Å². The van der Waals surface area contributed by atoms with E-state index in [1.54, 1.807) is 36.4 Å². The number of halogens is 1. The lowest BCUT2D eigenvalue weighted by Gasteiger charge is -2.19. The van der Waals surface area contributed by atoms with Gasteiger partial charge in [-0.15, -0.1) is 0 Å². The summed E-state index contributed by atoms with van der Waals surface area (Å²) >= 11 is 5.98. The first-order chi connectivity index (χ1) is 12.8. The summed E-state index contributed by atoms with van der Waals surface area (Å²) in [5.41, 5.74) is 5.79. The topological polar surface area (TPSA) is 46.5 Å². The zero-order valence-corrected chi connectivity index (χ0v) is 16.5. The molecule has 138 valence electrons. The molecule has 0 atom stereocenters. The number of benzene rings is 3. The second-order valence-corrected chi connectivity index (χ2v) is 7.12. The third kappa shape index (κ3) is 3.69. The Labute approximate surface area is 164 Å². The molecule has 3 aromatic carbocycles. The Balaban J connectivity index is 2.15. The molecular weight excluding hydrogens is 360 g/mol. The Morgan fingerprint density at radius 2 is 1.52 bits per heavy atom. The fraction of sp³-hybridized carbons (Fsp3) is 0.174. The van der Waals surface area contributed by atoms with Crippen LogP contribution in [0.4, 0.5) is 0 Å². The van der Waals surface area contributed by atoms with Gasteiger partial charge in [0.05, 0.1) is 5.56 Å². The van der Waals surface area contributed by atoms with E-state index in [0.29, 0.717) is 21.9 Å². The monoisotopic (exact) mass is 380 g/mol. The third-order valence-corrected chi connectivity index (χ3v) is 5.16. The van der Waals surface area contributed by atoms with Gasteiger partial charge in [0.25, 0.3) is 0 Å². The van der Waals surface area contributed by atoms with Crippen LogP contribution in [0.3, 0.4) is 0 Å². The van der Waals surface area contributed by atoms with Crippen LogP contribution in [0.15, 0.2) is 48.5 Å². The van der Waals surface area contributed by atoms with Crippen LogP contribution in [0, 0.1) is 27.7 Å². The molecule has 0 bridgehead atoms. The standard InChI is InChI=1S/C23H21ClO3/c1-13-8-10-19(25)21(15(13)3)22-16(4)14(2)9-11-20(22)27-23(26)17-6-5-7-18(24)12-17/h5-12,25H,1-4H3. The molecule has 27 heavy (non-hydrogen) atoms. The molecule has 0 aliphatic rings. The second-order valence-electron chi connectivity index (χ2n) is 6.68. The molecule has 1 N–H and O–H groups in total. The SMILES string of the molecule is Cc1ccc(O)c(-c2c(OC(=O)c3cccc(Cl)c3)ccc(C)c2C)c1C. The van der Waals surface area contributed by atoms with Gasteiger partial charge in [-0.2, -0.15) is 0 Å². The molecule has 4 heteroatoms. The largest absolute Gasteiger partial charge is 0.507 e. The zero-order chi connectivity index (χ0) is 19.7. The number of rotatable bonds is 3. The number of aromatic hydroxyl groups is 1. The fourth-order valence-electron chi connectivity index (χ4n) is 3.08. The molecule has 0 unspecified atom stereocenters. The Morgan fingerprint density at radius 1 is 0.889 bits per heavy atom. The van der Waals surface area contributed by atoms with E-state index in [4.69, 9.17) is 16.3 Å². The Bertz CT molecular complexity index is 1040. The summed E-state index contributed by atoms with van der Waals surface area (Å²) in [4.78, 5) is 12.6. The number of esters is 1. The van der Waals surface area contributed by atoms with Gasteiger partial charge in [0.2, 0.25) is 0 Å². The van der Waals surface area contributed by atoms with Crippen LogP contribution in [0.2, 0.25) is 5.02 Å². The highest BCUT2D eigenvalue weighted by atomic mass is 35.5. The quantitative estimate of drug-likeness (QED) is 0.437. The minimum atomic E-state index is -0.494. The van der Waals surface area contributed by atoms with E-state index in [-0.39, 0.29) is 5.75 Å². The lowest BCUT2D eigenvalue weighted by atomic mass is 9.90. The average molecular weight is 381 g/mol. The maximum Gasteiger partial charge on any atom is 0.343 e. The van der Waals surface area contributed by atoms with Crippen molar-refractivity contribution in [3.63, 3.8) is 0 Å². The number of hydrogen-bond donors (Lipinski definition) is 1. The van der Waals surface area contributed by atoms with Crippen LogP contribution in [-0.2, 0) is 0 Å². The van der Waals surface area contributed by atoms with Gasteiger partial charge < -0.3 is 9.84 Å². The van der Waals surface area contributed by atoms with Crippen LogP contribution in [0.5, 0.6) is 11.5 Å². The van der Waals surface area contributed by atoms with Crippen molar-refractivity contribution < 1.29 is 14.6 Å². The molecule has 3 nitrogen and oxygen atoms in total. The minimum absolute atomic E-state index is 0.159. The zero-order valence-electron chi connectivity index (χ0n) is 15.8. The van der Waals surface area contributed by atoms with Crippen LogP contribution < -0.4 is 4.74 Å². The number of aryl methyl sites for hydroxylation is 2. The minimum Gasteiger partial charge on any atom is -0.507 e. The van der Waals surface area contributed by atoms with E-state index < -0.39 is 5.97 Å². The first kappa shape index (κ1) is 19.0. The number of carbonyl (C=O) groups excluding carboxylic acids is 1. The van der Waals surface area contributed by atoms with E-state index in [2.05, 4.69) is 0 Å². The molecule has 0 aromatic heterocycles. The maximum atomic E-state index is 12.6. The first-order valence-electron chi connectivity index (χ1n) is 8.67. The molecule has 0 heterocycles. The summed E-state index contributed by atoms with van der Waals surface area (Å²) in [7, 11) is 0. The van der Waals surface area contributed by atoms with Gasteiger partial charge in [-0.25, -0.2) is 4.79 Å². The number of hydrogen-bond acceptors (Lipinski definition) is 3. The van der Waals surface area contributed by atoms with Crippen LogP contribution in [0.25, 0.3) is 11.1 Å². The molecule has 0 aliphatic heterocycles. The van der Waals surface area contributed by atoms with Gasteiger partial charge in [0.15, 0.2) is 0 Å². The highest BCUT2D eigenvalue weighted by molar-refractivity contribution is 6.30. The number of phenolic OH excluding ortho intramolecular Hbond substituents is 1. The highest BCUT2D eigenvalue weighted by Gasteiger charge is 2.20. The van der Waals surface area contributed by atoms with Gasteiger partial charge in [0.1, 0.15) is 11.5 Å². The molecular formula is C23H21ClO3. The molecule has 0 fully saturated rings. The molecule has 3 aromatic rings. The smallest absolute Gasteiger partial charge is 0.343 e. The molecule has 0 spiro atoms. The van der Waals surface area contributed by atoms with E-state index in [9.17, 15) is 9.90 Å². The van der Waals surface area contributed by atoms with E-state index >= 15 is 0 Å². The first-order valence-corrected chi connectivity index (χ1v) is 9.05. The summed E-state index contributed by atoms with van der Waals surface area (Å²) in [6, 6.07) is 13.8. The van der Waals surface area contributed by atoms with Crippen molar-refractivity contribution in [2.45, 2.75) is 27.7 Å². The molecule has 3 rings (SSSR count). The van der Waals surface area contributed by atoms with Crippen LogP contribution >= 0.6 is 11.6 Å². The maximum absolute atomic E-state index is 12.6. The van der Waals surface area contributed by atoms with Crippen LogP contribution in [0.1, 0.15) is 32.6 Å². The number of carbonyl (C=O) groups is 1. The highest BCUT2D eigenvalue weighted by Crippen LogP contribution is 2.42. The second kappa shape index (κ2) is 7.45. The lowest BCUT2D eigenvalue weighted by molar-refractivity contribution is 0.0735. The van der Waals surface area contributed by atoms with Crippen molar-refractivity contribution in [3.05, 3.63) is 81.4 Å². The van der Waals surface area contributed by atoms with Crippen LogP contribution in [-0.4, -0.2) is 11.1 Å². The van der Waals surface area contributed by atoms with E-state index in [0.717, 1.165) is 27.8 Å².